The fourth-order valence-electron chi connectivity index (χ4n) is 1.98. The number of aromatic amines is 1. The second kappa shape index (κ2) is 7.65. The molecule has 0 radical (unpaired) electrons. The topological polar surface area (TPSA) is 79.9 Å². The average molecular weight is 340 g/mol. The first-order valence-corrected chi connectivity index (χ1v) is 8.33. The molecule has 0 aliphatic heterocycles. The molecule has 122 valence electrons. The summed E-state index contributed by atoms with van der Waals surface area (Å²) in [5, 5.41) is 10.1. The zero-order valence-electron chi connectivity index (χ0n) is 13.0. The summed E-state index contributed by atoms with van der Waals surface area (Å²) >= 11 is 1.27. The maximum atomic E-state index is 12.1. The number of benzene rings is 2. The van der Waals surface area contributed by atoms with E-state index in [4.69, 9.17) is 4.74 Å². The predicted octanol–water partition coefficient (Wildman–Crippen LogP) is 3.64. The number of anilines is 1. The second-order valence-electron chi connectivity index (χ2n) is 4.95. The Morgan fingerprint density at radius 1 is 1.17 bits per heavy atom. The Morgan fingerprint density at radius 2 is 1.92 bits per heavy atom. The number of aryl methyl sites for hydroxylation is 1. The molecule has 0 saturated heterocycles. The van der Waals surface area contributed by atoms with Gasteiger partial charge in [0.25, 0.3) is 0 Å². The Labute approximate surface area is 143 Å². The lowest BCUT2D eigenvalue weighted by atomic mass is 10.3. The third kappa shape index (κ3) is 4.36. The fourth-order valence-corrected chi connectivity index (χ4v) is 2.62. The van der Waals surface area contributed by atoms with Crippen LogP contribution in [0.4, 0.5) is 5.69 Å². The highest BCUT2D eigenvalue weighted by atomic mass is 32.2. The van der Waals surface area contributed by atoms with Gasteiger partial charge in [0.15, 0.2) is 5.75 Å². The maximum absolute atomic E-state index is 12.1. The first-order chi connectivity index (χ1) is 11.7. The highest BCUT2D eigenvalue weighted by Gasteiger charge is 2.10. The number of H-pyrrole nitrogens is 1. The molecule has 2 N–H and O–H groups in total. The quantitative estimate of drug-likeness (QED) is 0.670. The van der Waals surface area contributed by atoms with Gasteiger partial charge in [-0.05, 0) is 31.2 Å². The monoisotopic (exact) mass is 340 g/mol. The van der Waals surface area contributed by atoms with E-state index in [1.165, 1.54) is 11.8 Å². The molecule has 0 unspecified atom stereocenters. The van der Waals surface area contributed by atoms with Crippen LogP contribution in [-0.4, -0.2) is 26.8 Å². The molecule has 0 aliphatic carbocycles. The molecule has 0 fully saturated rings. The molecule has 1 amide bonds. The van der Waals surface area contributed by atoms with Gasteiger partial charge in [-0.3, -0.25) is 9.89 Å². The normalized spacial score (nSPS) is 10.4. The molecule has 3 aromatic rings. The lowest BCUT2D eigenvalue weighted by Gasteiger charge is -2.11. The van der Waals surface area contributed by atoms with Crippen LogP contribution in [0.2, 0.25) is 0 Å². The third-order valence-electron chi connectivity index (χ3n) is 3.04. The number of rotatable bonds is 6. The molecule has 24 heavy (non-hydrogen) atoms. The van der Waals surface area contributed by atoms with Crippen molar-refractivity contribution in [2.75, 3.05) is 11.1 Å². The number of nitrogens with zero attached hydrogens (tertiary/aromatic N) is 2. The Balaban J connectivity index is 1.63. The smallest absolute Gasteiger partial charge is 0.234 e. The van der Waals surface area contributed by atoms with Gasteiger partial charge < -0.3 is 10.1 Å². The van der Waals surface area contributed by atoms with E-state index in [1.54, 1.807) is 6.07 Å². The van der Waals surface area contributed by atoms with E-state index in [0.29, 0.717) is 22.3 Å². The minimum absolute atomic E-state index is 0.147. The van der Waals surface area contributed by atoms with E-state index >= 15 is 0 Å². The average Bonchev–Trinajstić information content (AvgIpc) is 3.01. The van der Waals surface area contributed by atoms with Gasteiger partial charge in [-0.25, -0.2) is 4.98 Å². The Bertz CT molecular complexity index is 820. The lowest BCUT2D eigenvalue weighted by Crippen LogP contribution is -2.14. The first kappa shape index (κ1) is 16.1. The number of ether oxygens (including phenoxy) is 1. The minimum atomic E-state index is -0.147. The zero-order chi connectivity index (χ0) is 16.8. The van der Waals surface area contributed by atoms with Crippen LogP contribution >= 0.6 is 11.8 Å². The first-order valence-electron chi connectivity index (χ1n) is 7.34. The number of amides is 1. The summed E-state index contributed by atoms with van der Waals surface area (Å²) in [5.74, 6) is 2.10. The molecular weight excluding hydrogens is 324 g/mol. The maximum Gasteiger partial charge on any atom is 0.234 e. The van der Waals surface area contributed by atoms with Crippen LogP contribution in [0.5, 0.6) is 11.5 Å². The number of hydrogen-bond donors (Lipinski definition) is 2. The van der Waals surface area contributed by atoms with Crippen molar-refractivity contribution in [1.82, 2.24) is 15.2 Å². The molecular formula is C17H16N4O2S. The molecule has 1 aromatic heterocycles. The third-order valence-corrected chi connectivity index (χ3v) is 3.89. The molecule has 0 bridgehead atoms. The highest BCUT2D eigenvalue weighted by Crippen LogP contribution is 2.29. The van der Waals surface area contributed by atoms with Gasteiger partial charge in [0.2, 0.25) is 11.1 Å². The van der Waals surface area contributed by atoms with Crippen molar-refractivity contribution in [3.05, 3.63) is 60.4 Å². The van der Waals surface area contributed by atoms with Crippen molar-refractivity contribution in [2.45, 2.75) is 12.1 Å². The van der Waals surface area contributed by atoms with Crippen molar-refractivity contribution < 1.29 is 9.53 Å². The number of carbonyl (C=O) groups is 1. The number of thioether (sulfide) groups is 1. The van der Waals surface area contributed by atoms with E-state index in [0.717, 1.165) is 5.82 Å². The van der Waals surface area contributed by atoms with Crippen molar-refractivity contribution >= 4 is 23.4 Å². The van der Waals surface area contributed by atoms with E-state index < -0.39 is 0 Å². The molecule has 0 aliphatic rings. The van der Waals surface area contributed by atoms with Gasteiger partial charge in [-0.1, -0.05) is 42.1 Å². The molecule has 0 spiro atoms. The number of aromatic nitrogens is 3. The Kier molecular flexibility index (Phi) is 5.12. The van der Waals surface area contributed by atoms with Crippen molar-refractivity contribution in [2.24, 2.45) is 0 Å². The molecule has 3 rings (SSSR count). The summed E-state index contributed by atoms with van der Waals surface area (Å²) in [5.41, 5.74) is 0.623. The molecule has 6 nitrogen and oxygen atoms in total. The van der Waals surface area contributed by atoms with Gasteiger partial charge >= 0.3 is 0 Å². The van der Waals surface area contributed by atoms with Crippen LogP contribution in [-0.2, 0) is 4.79 Å². The zero-order valence-corrected chi connectivity index (χ0v) is 13.8. The van der Waals surface area contributed by atoms with E-state index in [2.05, 4.69) is 20.5 Å². The van der Waals surface area contributed by atoms with Gasteiger partial charge in [0, 0.05) is 0 Å². The van der Waals surface area contributed by atoms with E-state index in [1.807, 2.05) is 55.5 Å². The fraction of sp³-hybridized carbons (Fsp3) is 0.118. The molecule has 2 aromatic carbocycles. The predicted molar refractivity (Wildman–Crippen MR) is 93.4 cm³/mol. The van der Waals surface area contributed by atoms with Crippen molar-refractivity contribution in [3.8, 4) is 11.5 Å². The van der Waals surface area contributed by atoms with Crippen LogP contribution in [0.15, 0.2) is 59.8 Å². The Morgan fingerprint density at radius 3 is 2.67 bits per heavy atom. The van der Waals surface area contributed by atoms with Gasteiger partial charge in [0.1, 0.15) is 11.6 Å². The van der Waals surface area contributed by atoms with E-state index in [-0.39, 0.29) is 11.7 Å². The summed E-state index contributed by atoms with van der Waals surface area (Å²) in [4.78, 5) is 16.3. The highest BCUT2D eigenvalue weighted by molar-refractivity contribution is 7.99. The molecule has 7 heteroatoms. The van der Waals surface area contributed by atoms with Gasteiger partial charge in [-0.2, -0.15) is 0 Å². The van der Waals surface area contributed by atoms with Gasteiger partial charge in [-0.15, -0.1) is 5.10 Å². The van der Waals surface area contributed by atoms with Crippen LogP contribution < -0.4 is 10.1 Å². The van der Waals surface area contributed by atoms with Gasteiger partial charge in [0.05, 0.1) is 11.4 Å². The number of hydrogen-bond acceptors (Lipinski definition) is 5. The number of nitrogens with one attached hydrogen (secondary N) is 2. The van der Waals surface area contributed by atoms with Crippen LogP contribution in [0.3, 0.4) is 0 Å². The van der Waals surface area contributed by atoms with Crippen LogP contribution in [0.1, 0.15) is 5.82 Å². The Hall–Kier alpha value is -2.80. The van der Waals surface area contributed by atoms with Crippen molar-refractivity contribution in [1.29, 1.82) is 0 Å². The second-order valence-corrected chi connectivity index (χ2v) is 5.89. The SMILES string of the molecule is Cc1nc(SCC(=O)Nc2ccccc2Oc2ccccc2)n[nH]1. The minimum Gasteiger partial charge on any atom is -0.455 e. The van der Waals surface area contributed by atoms with Crippen LogP contribution in [0.25, 0.3) is 0 Å². The molecule has 1 heterocycles. The molecule has 0 atom stereocenters. The standard InChI is InChI=1S/C17H16N4O2S/c1-12-18-17(21-20-12)24-11-16(22)19-14-9-5-6-10-15(14)23-13-7-3-2-4-8-13/h2-10H,11H2,1H3,(H,19,22)(H,18,20,21). The number of para-hydroxylation sites is 3. The largest absolute Gasteiger partial charge is 0.455 e. The van der Waals surface area contributed by atoms with Crippen molar-refractivity contribution in [3.63, 3.8) is 0 Å². The lowest BCUT2D eigenvalue weighted by molar-refractivity contribution is -0.113. The number of carbonyl (C=O) groups excluding carboxylic acids is 1. The summed E-state index contributed by atoms with van der Waals surface area (Å²) < 4.78 is 5.83. The summed E-state index contributed by atoms with van der Waals surface area (Å²) in [7, 11) is 0. The summed E-state index contributed by atoms with van der Waals surface area (Å²) in [6.45, 7) is 1.81. The molecule has 0 saturated carbocycles. The van der Waals surface area contributed by atoms with Crippen LogP contribution in [0, 0.1) is 6.92 Å². The van der Waals surface area contributed by atoms with E-state index in [9.17, 15) is 4.79 Å². The summed E-state index contributed by atoms with van der Waals surface area (Å²) in [6, 6.07) is 16.8. The summed E-state index contributed by atoms with van der Waals surface area (Å²) in [6.07, 6.45) is 0.